The van der Waals surface area contributed by atoms with Gasteiger partial charge in [-0.3, -0.25) is 4.79 Å². The molecule has 0 aromatic heterocycles. The molecule has 0 fully saturated rings. The number of hydrogen-bond acceptors (Lipinski definition) is 2. The average Bonchev–Trinajstić information content (AvgIpc) is 2.28. The fraction of sp³-hybridized carbons (Fsp3) is 0.154. The Labute approximate surface area is 89.9 Å². The van der Waals surface area contributed by atoms with E-state index >= 15 is 0 Å². The first-order chi connectivity index (χ1) is 7.33. The van der Waals surface area contributed by atoms with Gasteiger partial charge in [0.05, 0.1) is 6.26 Å². The summed E-state index contributed by atoms with van der Waals surface area (Å²) in [5.74, 6) is -0.234. The first kappa shape index (κ1) is 11.2. The van der Waals surface area contributed by atoms with Gasteiger partial charge in [0.2, 0.25) is 0 Å². The number of rotatable bonds is 5. The highest BCUT2D eigenvalue weighted by atomic mass is 16.5. The van der Waals surface area contributed by atoms with Crippen molar-refractivity contribution in [3.63, 3.8) is 0 Å². The zero-order valence-corrected chi connectivity index (χ0v) is 8.56. The molecular formula is C13H14O2. The summed E-state index contributed by atoms with van der Waals surface area (Å²) in [4.78, 5) is 11.1. The molecule has 0 N–H and O–H groups in total. The number of allylic oxidation sites excluding steroid dienone is 1. The Morgan fingerprint density at radius 3 is 2.73 bits per heavy atom. The van der Waals surface area contributed by atoms with Crippen molar-refractivity contribution in [2.45, 2.75) is 12.8 Å². The molecule has 0 radical (unpaired) electrons. The maximum absolute atomic E-state index is 11.1. The molecule has 1 rings (SSSR count). The minimum absolute atomic E-state index is 0.234. The Bertz CT molecular complexity index is 339. The molecule has 0 spiro atoms. The third-order valence-electron chi connectivity index (χ3n) is 1.81. The molecule has 78 valence electrons. The van der Waals surface area contributed by atoms with Crippen LogP contribution in [-0.2, 0) is 9.53 Å². The van der Waals surface area contributed by atoms with Crippen LogP contribution in [0.2, 0.25) is 0 Å². The summed E-state index contributed by atoms with van der Waals surface area (Å²) in [6.07, 6.45) is 5.90. The van der Waals surface area contributed by atoms with Crippen LogP contribution in [0.5, 0.6) is 0 Å². The van der Waals surface area contributed by atoms with Gasteiger partial charge in [0.1, 0.15) is 0 Å². The average molecular weight is 202 g/mol. The Hall–Kier alpha value is -1.83. The van der Waals surface area contributed by atoms with E-state index in [9.17, 15) is 4.79 Å². The van der Waals surface area contributed by atoms with Crippen molar-refractivity contribution < 1.29 is 9.53 Å². The molecule has 0 bridgehead atoms. The molecule has 0 aliphatic heterocycles. The molecular weight excluding hydrogens is 188 g/mol. The van der Waals surface area contributed by atoms with E-state index in [4.69, 9.17) is 4.74 Å². The van der Waals surface area contributed by atoms with Gasteiger partial charge in [-0.1, -0.05) is 36.4 Å². The van der Waals surface area contributed by atoms with Crippen LogP contribution in [0.25, 0.3) is 6.08 Å². The quantitative estimate of drug-likeness (QED) is 0.416. The lowest BCUT2D eigenvalue weighted by Crippen LogP contribution is -1.97. The number of carbonyl (C=O) groups is 1. The third kappa shape index (κ3) is 4.81. The molecule has 0 aliphatic carbocycles. The van der Waals surface area contributed by atoms with Crippen LogP contribution in [0.4, 0.5) is 0 Å². The Morgan fingerprint density at radius 1 is 1.33 bits per heavy atom. The maximum atomic E-state index is 11.1. The summed E-state index contributed by atoms with van der Waals surface area (Å²) >= 11 is 0. The minimum atomic E-state index is -0.234. The Kier molecular flexibility index (Phi) is 4.95. The molecule has 2 nitrogen and oxygen atoms in total. The number of benzene rings is 1. The van der Waals surface area contributed by atoms with Crippen LogP contribution in [0.3, 0.4) is 0 Å². The largest absolute Gasteiger partial charge is 0.434 e. The normalized spacial score (nSPS) is 10.1. The second kappa shape index (κ2) is 6.60. The molecule has 0 unspecified atom stereocenters. The topological polar surface area (TPSA) is 26.3 Å². The van der Waals surface area contributed by atoms with Crippen LogP contribution in [-0.4, -0.2) is 5.97 Å². The van der Waals surface area contributed by atoms with Crippen LogP contribution >= 0.6 is 0 Å². The lowest BCUT2D eigenvalue weighted by atomic mass is 10.2. The van der Waals surface area contributed by atoms with Gasteiger partial charge in [0.25, 0.3) is 0 Å². The van der Waals surface area contributed by atoms with Gasteiger partial charge in [0.15, 0.2) is 0 Å². The fourth-order valence-corrected chi connectivity index (χ4v) is 1.03. The van der Waals surface area contributed by atoms with E-state index < -0.39 is 0 Å². The Balaban J connectivity index is 2.33. The van der Waals surface area contributed by atoms with Crippen molar-refractivity contribution in [3.05, 3.63) is 54.8 Å². The number of hydrogen-bond donors (Lipinski definition) is 0. The molecule has 15 heavy (non-hydrogen) atoms. The predicted octanol–water partition coefficient (Wildman–Crippen LogP) is 3.17. The molecule has 0 aliphatic rings. The highest BCUT2D eigenvalue weighted by Gasteiger charge is 1.97. The number of esters is 1. The fourth-order valence-electron chi connectivity index (χ4n) is 1.03. The van der Waals surface area contributed by atoms with E-state index in [1.54, 1.807) is 12.2 Å². The molecule has 1 aromatic rings. The zero-order chi connectivity index (χ0) is 10.9. The molecule has 0 atom stereocenters. The van der Waals surface area contributed by atoms with E-state index in [2.05, 4.69) is 6.58 Å². The van der Waals surface area contributed by atoms with Crippen LogP contribution < -0.4 is 0 Å². The van der Waals surface area contributed by atoms with Crippen molar-refractivity contribution in [1.29, 1.82) is 0 Å². The highest BCUT2D eigenvalue weighted by molar-refractivity contribution is 5.70. The lowest BCUT2D eigenvalue weighted by Gasteiger charge is -1.96. The van der Waals surface area contributed by atoms with Gasteiger partial charge < -0.3 is 4.74 Å². The molecule has 0 heterocycles. The number of ether oxygens (including phenoxy) is 1. The summed E-state index contributed by atoms with van der Waals surface area (Å²) in [5, 5.41) is 0. The summed E-state index contributed by atoms with van der Waals surface area (Å²) in [7, 11) is 0. The van der Waals surface area contributed by atoms with Gasteiger partial charge in [-0.2, -0.15) is 0 Å². The predicted molar refractivity (Wildman–Crippen MR) is 61.0 cm³/mol. The lowest BCUT2D eigenvalue weighted by molar-refractivity contribution is -0.137. The monoisotopic (exact) mass is 202 g/mol. The van der Waals surface area contributed by atoms with Crippen molar-refractivity contribution in [2.75, 3.05) is 0 Å². The molecule has 1 aromatic carbocycles. The zero-order valence-electron chi connectivity index (χ0n) is 8.56. The summed E-state index contributed by atoms with van der Waals surface area (Å²) < 4.78 is 4.88. The van der Waals surface area contributed by atoms with Gasteiger partial charge in [-0.05, 0) is 18.1 Å². The van der Waals surface area contributed by atoms with E-state index in [-0.39, 0.29) is 5.97 Å². The first-order valence-corrected chi connectivity index (χ1v) is 4.85. The summed E-state index contributed by atoms with van der Waals surface area (Å²) in [5.41, 5.74) is 1.01. The van der Waals surface area contributed by atoms with E-state index in [1.165, 1.54) is 6.26 Å². The van der Waals surface area contributed by atoms with Crippen molar-refractivity contribution in [3.8, 4) is 0 Å². The smallest absolute Gasteiger partial charge is 0.310 e. The third-order valence-corrected chi connectivity index (χ3v) is 1.81. The van der Waals surface area contributed by atoms with Gasteiger partial charge in [0, 0.05) is 6.42 Å². The van der Waals surface area contributed by atoms with Gasteiger partial charge in [-0.15, -0.1) is 6.58 Å². The van der Waals surface area contributed by atoms with Crippen molar-refractivity contribution in [2.24, 2.45) is 0 Å². The molecule has 0 saturated carbocycles. The maximum Gasteiger partial charge on any atom is 0.310 e. The van der Waals surface area contributed by atoms with E-state index in [1.807, 2.05) is 30.3 Å². The first-order valence-electron chi connectivity index (χ1n) is 4.85. The van der Waals surface area contributed by atoms with Crippen LogP contribution in [0.15, 0.2) is 49.2 Å². The summed E-state index contributed by atoms with van der Waals surface area (Å²) in [6, 6.07) is 9.67. The molecule has 0 saturated heterocycles. The van der Waals surface area contributed by atoms with Crippen LogP contribution in [0.1, 0.15) is 18.4 Å². The molecule has 0 amide bonds. The minimum Gasteiger partial charge on any atom is -0.434 e. The Morgan fingerprint density at radius 2 is 2.07 bits per heavy atom. The number of carbonyl (C=O) groups excluding carboxylic acids is 1. The molecule has 2 heteroatoms. The van der Waals surface area contributed by atoms with E-state index in [0.717, 1.165) is 5.56 Å². The summed E-state index contributed by atoms with van der Waals surface area (Å²) in [6.45, 7) is 3.53. The standard InChI is InChI=1S/C13H14O2/c1-2-3-9-13(14)15-11-10-12-7-5-4-6-8-12/h2,4-8,10-11H,1,3,9H2. The SMILES string of the molecule is C=CCCC(=O)OC=Cc1ccccc1. The highest BCUT2D eigenvalue weighted by Crippen LogP contribution is 2.01. The second-order valence-electron chi connectivity index (χ2n) is 3.03. The van der Waals surface area contributed by atoms with Crippen molar-refractivity contribution in [1.82, 2.24) is 0 Å². The van der Waals surface area contributed by atoms with Crippen LogP contribution in [0, 0.1) is 0 Å². The van der Waals surface area contributed by atoms with Crippen molar-refractivity contribution >= 4 is 12.0 Å². The second-order valence-corrected chi connectivity index (χ2v) is 3.03. The van der Waals surface area contributed by atoms with Gasteiger partial charge >= 0.3 is 5.97 Å². The van der Waals surface area contributed by atoms with Gasteiger partial charge in [-0.25, -0.2) is 0 Å². The van der Waals surface area contributed by atoms with E-state index in [0.29, 0.717) is 12.8 Å².